The average molecular weight is 342 g/mol. The van der Waals surface area contributed by atoms with Gasteiger partial charge in [-0.25, -0.2) is 0 Å². The monoisotopic (exact) mass is 342 g/mol. The molecular formula is C20H26N2O3. The molecule has 1 aromatic heterocycles. The van der Waals surface area contributed by atoms with Gasteiger partial charge >= 0.3 is 0 Å². The molecule has 1 saturated carbocycles. The van der Waals surface area contributed by atoms with Crippen LogP contribution in [0.2, 0.25) is 0 Å². The lowest BCUT2D eigenvalue weighted by Gasteiger charge is -2.19. The molecule has 0 radical (unpaired) electrons. The van der Waals surface area contributed by atoms with Crippen LogP contribution in [0.3, 0.4) is 0 Å². The third-order valence-electron chi connectivity index (χ3n) is 4.83. The molecule has 134 valence electrons. The van der Waals surface area contributed by atoms with E-state index in [4.69, 9.17) is 4.42 Å². The first-order valence-electron chi connectivity index (χ1n) is 8.87. The molecule has 0 bridgehead atoms. The SMILES string of the molecule is CN(Cc1ccco1)Cc1ccccc1CNC(=O)C1CCCC1O. The lowest BCUT2D eigenvalue weighted by molar-refractivity contribution is -0.127. The Morgan fingerprint density at radius 2 is 2.00 bits per heavy atom. The molecule has 1 aliphatic carbocycles. The summed E-state index contributed by atoms with van der Waals surface area (Å²) in [5.74, 6) is 0.640. The maximum absolute atomic E-state index is 12.3. The molecule has 25 heavy (non-hydrogen) atoms. The van der Waals surface area contributed by atoms with Crippen LogP contribution < -0.4 is 5.32 Å². The van der Waals surface area contributed by atoms with E-state index in [0.717, 1.165) is 43.7 Å². The molecule has 1 fully saturated rings. The molecule has 2 unspecified atom stereocenters. The molecule has 2 atom stereocenters. The van der Waals surface area contributed by atoms with Crippen molar-refractivity contribution in [1.29, 1.82) is 0 Å². The van der Waals surface area contributed by atoms with Gasteiger partial charge in [-0.1, -0.05) is 24.3 Å². The summed E-state index contributed by atoms with van der Waals surface area (Å²) in [6.45, 7) is 2.01. The Morgan fingerprint density at radius 3 is 2.68 bits per heavy atom. The van der Waals surface area contributed by atoms with Crippen LogP contribution >= 0.6 is 0 Å². The number of carbonyl (C=O) groups is 1. The van der Waals surface area contributed by atoms with E-state index in [2.05, 4.69) is 16.3 Å². The second-order valence-corrected chi connectivity index (χ2v) is 6.84. The Kier molecular flexibility index (Phi) is 5.89. The third-order valence-corrected chi connectivity index (χ3v) is 4.83. The number of rotatable bonds is 7. The number of benzene rings is 1. The number of nitrogens with one attached hydrogen (secondary N) is 1. The highest BCUT2D eigenvalue weighted by Crippen LogP contribution is 2.25. The van der Waals surface area contributed by atoms with Crippen molar-refractivity contribution >= 4 is 5.91 Å². The molecule has 1 aliphatic rings. The molecule has 5 nitrogen and oxygen atoms in total. The van der Waals surface area contributed by atoms with Crippen molar-refractivity contribution in [1.82, 2.24) is 10.2 Å². The Labute approximate surface area is 148 Å². The van der Waals surface area contributed by atoms with Gasteiger partial charge in [-0.3, -0.25) is 9.69 Å². The van der Waals surface area contributed by atoms with E-state index in [1.54, 1.807) is 6.26 Å². The lowest BCUT2D eigenvalue weighted by atomic mass is 10.0. The van der Waals surface area contributed by atoms with Crippen LogP contribution in [0.25, 0.3) is 0 Å². The zero-order valence-electron chi connectivity index (χ0n) is 14.6. The first kappa shape index (κ1) is 17.7. The average Bonchev–Trinajstić information content (AvgIpc) is 3.25. The van der Waals surface area contributed by atoms with Crippen LogP contribution in [0.15, 0.2) is 47.1 Å². The molecule has 3 rings (SSSR count). The number of furan rings is 1. The lowest BCUT2D eigenvalue weighted by Crippen LogP contribution is -2.34. The summed E-state index contributed by atoms with van der Waals surface area (Å²) in [4.78, 5) is 14.5. The Morgan fingerprint density at radius 1 is 1.20 bits per heavy atom. The maximum Gasteiger partial charge on any atom is 0.225 e. The van der Waals surface area contributed by atoms with E-state index in [0.29, 0.717) is 6.54 Å². The zero-order chi connectivity index (χ0) is 17.6. The van der Waals surface area contributed by atoms with Crippen LogP contribution in [0.1, 0.15) is 36.1 Å². The number of carbonyl (C=O) groups excluding carboxylic acids is 1. The van der Waals surface area contributed by atoms with Gasteiger partial charge in [0.15, 0.2) is 0 Å². The predicted molar refractivity (Wildman–Crippen MR) is 95.5 cm³/mol. The summed E-state index contributed by atoms with van der Waals surface area (Å²) >= 11 is 0. The molecular weight excluding hydrogens is 316 g/mol. The summed E-state index contributed by atoms with van der Waals surface area (Å²) < 4.78 is 5.40. The molecule has 2 aromatic rings. The number of hydrogen-bond donors (Lipinski definition) is 2. The standard InChI is InChI=1S/C20H26N2O3/c1-22(14-17-8-5-11-25-17)13-16-7-3-2-6-15(16)12-21-20(24)18-9-4-10-19(18)23/h2-3,5-8,11,18-19,23H,4,9-10,12-14H2,1H3,(H,21,24). The van der Waals surface area contributed by atoms with Gasteiger partial charge in [-0.15, -0.1) is 0 Å². The molecule has 0 saturated heterocycles. The van der Waals surface area contributed by atoms with Gasteiger partial charge in [-0.2, -0.15) is 0 Å². The van der Waals surface area contributed by atoms with Crippen molar-refractivity contribution in [3.05, 3.63) is 59.5 Å². The van der Waals surface area contributed by atoms with Gasteiger partial charge in [0, 0.05) is 13.1 Å². The topological polar surface area (TPSA) is 65.7 Å². The van der Waals surface area contributed by atoms with Gasteiger partial charge in [0.05, 0.1) is 24.8 Å². The largest absolute Gasteiger partial charge is 0.468 e. The van der Waals surface area contributed by atoms with Crippen molar-refractivity contribution in [3.63, 3.8) is 0 Å². The van der Waals surface area contributed by atoms with Crippen LogP contribution in [0.5, 0.6) is 0 Å². The van der Waals surface area contributed by atoms with Gasteiger partial charge < -0.3 is 14.8 Å². The quantitative estimate of drug-likeness (QED) is 0.812. The van der Waals surface area contributed by atoms with Crippen LogP contribution in [0, 0.1) is 5.92 Å². The van der Waals surface area contributed by atoms with Crippen molar-refractivity contribution in [2.45, 2.75) is 45.0 Å². The summed E-state index contributed by atoms with van der Waals surface area (Å²) in [5.41, 5.74) is 2.29. The van der Waals surface area contributed by atoms with Crippen molar-refractivity contribution in [3.8, 4) is 0 Å². The van der Waals surface area contributed by atoms with Gasteiger partial charge in [0.2, 0.25) is 5.91 Å². The highest BCUT2D eigenvalue weighted by atomic mass is 16.3. The molecule has 1 amide bonds. The number of amides is 1. The highest BCUT2D eigenvalue weighted by Gasteiger charge is 2.31. The van der Waals surface area contributed by atoms with E-state index in [9.17, 15) is 9.90 Å². The first-order valence-corrected chi connectivity index (χ1v) is 8.87. The van der Waals surface area contributed by atoms with Gasteiger partial charge in [-0.05, 0) is 49.6 Å². The van der Waals surface area contributed by atoms with E-state index in [1.165, 1.54) is 5.56 Å². The number of aliphatic hydroxyl groups excluding tert-OH is 1. The van der Waals surface area contributed by atoms with Crippen molar-refractivity contribution in [2.75, 3.05) is 7.05 Å². The summed E-state index contributed by atoms with van der Waals surface area (Å²) in [5, 5.41) is 12.9. The highest BCUT2D eigenvalue weighted by molar-refractivity contribution is 5.79. The zero-order valence-corrected chi connectivity index (χ0v) is 14.6. The fourth-order valence-corrected chi connectivity index (χ4v) is 3.46. The maximum atomic E-state index is 12.3. The molecule has 1 aromatic carbocycles. The molecule has 2 N–H and O–H groups in total. The van der Waals surface area contributed by atoms with E-state index < -0.39 is 6.10 Å². The summed E-state index contributed by atoms with van der Waals surface area (Å²) in [7, 11) is 2.05. The molecule has 1 heterocycles. The molecule has 0 spiro atoms. The van der Waals surface area contributed by atoms with Crippen LogP contribution in [-0.4, -0.2) is 29.1 Å². The minimum atomic E-state index is -0.491. The number of aliphatic hydroxyl groups is 1. The second-order valence-electron chi connectivity index (χ2n) is 6.84. The van der Waals surface area contributed by atoms with Crippen LogP contribution in [-0.2, 0) is 24.4 Å². The predicted octanol–water partition coefficient (Wildman–Crippen LogP) is 2.69. The fraction of sp³-hybridized carbons (Fsp3) is 0.450. The smallest absolute Gasteiger partial charge is 0.225 e. The van der Waals surface area contributed by atoms with E-state index in [-0.39, 0.29) is 11.8 Å². The second kappa shape index (κ2) is 8.32. The number of hydrogen-bond acceptors (Lipinski definition) is 4. The minimum Gasteiger partial charge on any atom is -0.468 e. The Bertz CT molecular complexity index is 684. The first-order chi connectivity index (χ1) is 12.1. The van der Waals surface area contributed by atoms with E-state index >= 15 is 0 Å². The summed E-state index contributed by atoms with van der Waals surface area (Å²) in [6, 6.07) is 12.0. The summed E-state index contributed by atoms with van der Waals surface area (Å²) in [6.07, 6.45) is 3.62. The van der Waals surface area contributed by atoms with Gasteiger partial charge in [0.1, 0.15) is 5.76 Å². The Balaban J connectivity index is 1.57. The van der Waals surface area contributed by atoms with Crippen molar-refractivity contribution < 1.29 is 14.3 Å². The van der Waals surface area contributed by atoms with Gasteiger partial charge in [0.25, 0.3) is 0 Å². The fourth-order valence-electron chi connectivity index (χ4n) is 3.46. The normalized spacial score (nSPS) is 20.1. The molecule has 0 aliphatic heterocycles. The van der Waals surface area contributed by atoms with Crippen molar-refractivity contribution in [2.24, 2.45) is 5.92 Å². The Hall–Kier alpha value is -2.11. The molecule has 5 heteroatoms. The third kappa shape index (κ3) is 4.71. The van der Waals surface area contributed by atoms with Crippen LogP contribution in [0.4, 0.5) is 0 Å². The minimum absolute atomic E-state index is 0.0382. The number of nitrogens with zero attached hydrogens (tertiary/aromatic N) is 1. The van der Waals surface area contributed by atoms with E-state index in [1.807, 2.05) is 37.4 Å².